The van der Waals surface area contributed by atoms with Gasteiger partial charge in [-0.1, -0.05) is 36.4 Å². The first-order valence-electron chi connectivity index (χ1n) is 8.64. The van der Waals surface area contributed by atoms with Gasteiger partial charge in [0.25, 0.3) is 5.56 Å². The Morgan fingerprint density at radius 2 is 2.00 bits per heavy atom. The van der Waals surface area contributed by atoms with Crippen LogP contribution in [0.25, 0.3) is 0 Å². The zero-order valence-corrected chi connectivity index (χ0v) is 17.1. The van der Waals surface area contributed by atoms with Crippen molar-refractivity contribution in [1.82, 2.24) is 9.97 Å². The fraction of sp³-hybridized carbons (Fsp3) is 0.421. The Morgan fingerprint density at radius 3 is 2.65 bits per heavy atom. The first kappa shape index (κ1) is 19.0. The Labute approximate surface area is 161 Å². The third-order valence-electron chi connectivity index (χ3n) is 4.41. The zero-order valence-electron chi connectivity index (χ0n) is 15.4. The molecule has 1 amide bonds. The molecular formula is C19H23N3O2S2. The van der Waals surface area contributed by atoms with Crippen LogP contribution in [0.3, 0.4) is 0 Å². The van der Waals surface area contributed by atoms with Crippen molar-refractivity contribution in [2.45, 2.75) is 56.0 Å². The highest BCUT2D eigenvalue weighted by atomic mass is 32.2. The van der Waals surface area contributed by atoms with E-state index >= 15 is 0 Å². The van der Waals surface area contributed by atoms with E-state index in [1.807, 2.05) is 27.7 Å². The summed E-state index contributed by atoms with van der Waals surface area (Å²) in [6.45, 7) is 8.01. The van der Waals surface area contributed by atoms with Crippen molar-refractivity contribution < 1.29 is 4.79 Å². The number of hydrogen-bond donors (Lipinski definition) is 2. The molecule has 2 heterocycles. The van der Waals surface area contributed by atoms with Crippen molar-refractivity contribution in [3.63, 3.8) is 0 Å². The maximum atomic E-state index is 12.8. The molecule has 1 aliphatic heterocycles. The lowest BCUT2D eigenvalue weighted by Gasteiger charge is -2.17. The largest absolute Gasteiger partial charge is 0.325 e. The highest BCUT2D eigenvalue weighted by molar-refractivity contribution is 8.00. The smallest absolute Gasteiger partial charge is 0.255 e. The number of carbonyl (C=O) groups excluding carboxylic acids is 1. The van der Waals surface area contributed by atoms with Crippen LogP contribution in [0.4, 0.5) is 5.69 Å². The summed E-state index contributed by atoms with van der Waals surface area (Å²) in [5, 5.41) is 3.27. The number of aromatic nitrogens is 2. The van der Waals surface area contributed by atoms with E-state index in [0.717, 1.165) is 33.8 Å². The number of anilines is 1. The summed E-state index contributed by atoms with van der Waals surface area (Å²) < 4.78 is 0. The number of benzene rings is 1. The Morgan fingerprint density at radius 1 is 1.31 bits per heavy atom. The average Bonchev–Trinajstić information content (AvgIpc) is 3.04. The van der Waals surface area contributed by atoms with Crippen LogP contribution in [0.15, 0.2) is 22.1 Å². The van der Waals surface area contributed by atoms with E-state index in [1.165, 1.54) is 17.3 Å². The molecule has 0 saturated carbocycles. The molecule has 5 nitrogen and oxygen atoms in total. The molecule has 26 heavy (non-hydrogen) atoms. The molecule has 1 aliphatic rings. The normalized spacial score (nSPS) is 14.2. The molecule has 0 aliphatic carbocycles. The van der Waals surface area contributed by atoms with Crippen molar-refractivity contribution >= 4 is 35.1 Å². The van der Waals surface area contributed by atoms with E-state index in [0.29, 0.717) is 17.3 Å². The molecule has 7 heteroatoms. The predicted octanol–water partition coefficient (Wildman–Crippen LogP) is 3.95. The molecule has 138 valence electrons. The monoisotopic (exact) mass is 389 g/mol. The van der Waals surface area contributed by atoms with E-state index < -0.39 is 0 Å². The van der Waals surface area contributed by atoms with Gasteiger partial charge in [0.2, 0.25) is 5.91 Å². The lowest BCUT2D eigenvalue weighted by Crippen LogP contribution is -2.26. The third-order valence-corrected chi connectivity index (χ3v) is 6.63. The highest BCUT2D eigenvalue weighted by Gasteiger charge is 2.23. The van der Waals surface area contributed by atoms with E-state index in [1.54, 1.807) is 11.8 Å². The van der Waals surface area contributed by atoms with Gasteiger partial charge >= 0.3 is 0 Å². The highest BCUT2D eigenvalue weighted by Crippen LogP contribution is 2.29. The van der Waals surface area contributed by atoms with Crippen LogP contribution in [0.2, 0.25) is 0 Å². The third kappa shape index (κ3) is 3.99. The summed E-state index contributed by atoms with van der Waals surface area (Å²) in [5.74, 6) is 1.41. The van der Waals surface area contributed by atoms with Gasteiger partial charge in [-0.05, 0) is 38.3 Å². The fourth-order valence-corrected chi connectivity index (χ4v) is 5.09. The number of rotatable bonds is 5. The number of aromatic amines is 1. The minimum atomic E-state index is -0.314. The first-order chi connectivity index (χ1) is 12.4. The molecular weight excluding hydrogens is 366 g/mol. The predicted molar refractivity (Wildman–Crippen MR) is 109 cm³/mol. The lowest BCUT2D eigenvalue weighted by molar-refractivity contribution is -0.115. The van der Waals surface area contributed by atoms with Crippen LogP contribution in [0.1, 0.15) is 41.3 Å². The van der Waals surface area contributed by atoms with Gasteiger partial charge in [-0.25, -0.2) is 4.98 Å². The van der Waals surface area contributed by atoms with Crippen molar-refractivity contribution in [3.05, 3.63) is 50.4 Å². The van der Waals surface area contributed by atoms with Gasteiger partial charge in [0.05, 0.1) is 10.9 Å². The molecule has 0 spiro atoms. The van der Waals surface area contributed by atoms with E-state index in [4.69, 9.17) is 0 Å². The second-order valence-electron chi connectivity index (χ2n) is 6.57. The number of carbonyl (C=O) groups is 1. The van der Waals surface area contributed by atoms with Crippen LogP contribution in [-0.2, 0) is 16.3 Å². The quantitative estimate of drug-likeness (QED) is 0.598. The average molecular weight is 390 g/mol. The van der Waals surface area contributed by atoms with Gasteiger partial charge in [0, 0.05) is 22.8 Å². The molecule has 2 N–H and O–H groups in total. The van der Waals surface area contributed by atoms with Crippen LogP contribution < -0.4 is 10.9 Å². The molecule has 1 aromatic carbocycles. The van der Waals surface area contributed by atoms with Gasteiger partial charge < -0.3 is 10.3 Å². The maximum Gasteiger partial charge on any atom is 0.255 e. The minimum Gasteiger partial charge on any atom is -0.325 e. The second-order valence-corrected chi connectivity index (χ2v) is 8.74. The number of hydrogen-bond acceptors (Lipinski definition) is 5. The van der Waals surface area contributed by atoms with Crippen molar-refractivity contribution in [1.29, 1.82) is 0 Å². The van der Waals surface area contributed by atoms with Gasteiger partial charge in [-0.15, -0.1) is 0 Å². The van der Waals surface area contributed by atoms with E-state index in [2.05, 4.69) is 27.4 Å². The molecule has 0 radical (unpaired) electrons. The van der Waals surface area contributed by atoms with Crippen LogP contribution >= 0.6 is 23.5 Å². The topological polar surface area (TPSA) is 74.8 Å². The number of amides is 1. The zero-order chi connectivity index (χ0) is 18.8. The Balaban J connectivity index is 1.78. The minimum absolute atomic E-state index is 0.0647. The molecule has 1 unspecified atom stereocenters. The molecule has 0 bridgehead atoms. The molecule has 1 atom stereocenters. The fourth-order valence-electron chi connectivity index (χ4n) is 3.13. The standard InChI is InChI=1S/C19H23N3O2S2/c1-5-15(18(24)21-16-11(3)6-10(2)7-12(16)4)26-19-20-14-9-25-8-13(14)17(23)22-19/h6-7,15H,5,8-9H2,1-4H3,(H,21,24)(H,20,22,23). The second kappa shape index (κ2) is 7.88. The van der Waals surface area contributed by atoms with Gasteiger partial charge in [0.1, 0.15) is 0 Å². The number of fused-ring (bicyclic) bond motifs is 1. The molecule has 2 aromatic rings. The van der Waals surface area contributed by atoms with Crippen LogP contribution in [0.5, 0.6) is 0 Å². The van der Waals surface area contributed by atoms with Crippen LogP contribution in [-0.4, -0.2) is 21.1 Å². The number of nitrogens with zero attached hydrogens (tertiary/aromatic N) is 1. The number of H-pyrrole nitrogens is 1. The lowest BCUT2D eigenvalue weighted by atomic mass is 10.0. The summed E-state index contributed by atoms with van der Waals surface area (Å²) in [7, 11) is 0. The SMILES string of the molecule is CCC(Sc1nc2c(c(=O)[nH]1)CSC2)C(=O)Nc1c(C)cc(C)cc1C. The van der Waals surface area contributed by atoms with Gasteiger partial charge in [-0.3, -0.25) is 9.59 Å². The Bertz CT molecular complexity index is 885. The molecule has 0 fully saturated rings. The number of aryl methyl sites for hydroxylation is 3. The van der Waals surface area contributed by atoms with Gasteiger partial charge in [0.15, 0.2) is 5.16 Å². The summed E-state index contributed by atoms with van der Waals surface area (Å²) in [4.78, 5) is 32.3. The number of thioether (sulfide) groups is 2. The van der Waals surface area contributed by atoms with E-state index in [-0.39, 0.29) is 16.7 Å². The maximum absolute atomic E-state index is 12.8. The molecule has 0 saturated heterocycles. The Kier molecular flexibility index (Phi) is 5.77. The van der Waals surface area contributed by atoms with Crippen LogP contribution in [0, 0.1) is 20.8 Å². The van der Waals surface area contributed by atoms with Crippen molar-refractivity contribution in [2.24, 2.45) is 0 Å². The Hall–Kier alpha value is -1.73. The summed E-state index contributed by atoms with van der Waals surface area (Å²) in [5.41, 5.74) is 5.68. The summed E-state index contributed by atoms with van der Waals surface area (Å²) in [6, 6.07) is 4.13. The van der Waals surface area contributed by atoms with Crippen molar-refractivity contribution in [3.8, 4) is 0 Å². The number of nitrogens with one attached hydrogen (secondary N) is 2. The molecule has 3 rings (SSSR count). The molecule has 1 aromatic heterocycles. The summed E-state index contributed by atoms with van der Waals surface area (Å²) in [6.07, 6.45) is 0.649. The van der Waals surface area contributed by atoms with Gasteiger partial charge in [-0.2, -0.15) is 11.8 Å². The van der Waals surface area contributed by atoms with E-state index in [9.17, 15) is 9.59 Å². The first-order valence-corrected chi connectivity index (χ1v) is 10.7. The van der Waals surface area contributed by atoms with Crippen molar-refractivity contribution in [2.75, 3.05) is 5.32 Å². The summed E-state index contributed by atoms with van der Waals surface area (Å²) >= 11 is 3.01.